The summed E-state index contributed by atoms with van der Waals surface area (Å²) in [5.74, 6) is -0.678. The molecule has 0 aliphatic rings. The van der Waals surface area contributed by atoms with Gasteiger partial charge in [0.15, 0.2) is 0 Å². The lowest BCUT2D eigenvalue weighted by Gasteiger charge is -2.16. The van der Waals surface area contributed by atoms with Gasteiger partial charge >= 0.3 is 0 Å². The molecule has 3 amide bonds. The van der Waals surface area contributed by atoms with Crippen molar-refractivity contribution in [2.45, 2.75) is 0 Å². The number of anilines is 2. The average molecular weight is 437 g/mol. The summed E-state index contributed by atoms with van der Waals surface area (Å²) in [6.45, 7) is 0.0388. The van der Waals surface area contributed by atoms with Gasteiger partial charge in [0.2, 0.25) is 11.8 Å². The van der Waals surface area contributed by atoms with E-state index < -0.39 is 0 Å². The first kappa shape index (κ1) is 22.7. The molecule has 7 nitrogen and oxygen atoms in total. The topological polar surface area (TPSA) is 81.8 Å². The normalized spacial score (nSPS) is 10.6. The van der Waals surface area contributed by atoms with Crippen molar-refractivity contribution in [3.8, 4) is 0 Å². The number of rotatable bonds is 7. The summed E-state index contributed by atoms with van der Waals surface area (Å²) < 4.78 is 0. The quantitative estimate of drug-likeness (QED) is 0.697. The molecule has 0 bridgehead atoms. The summed E-state index contributed by atoms with van der Waals surface area (Å²) in [6.07, 6.45) is 0. The zero-order valence-electron chi connectivity index (χ0n) is 16.3. The van der Waals surface area contributed by atoms with Gasteiger partial charge in [0.05, 0.1) is 23.1 Å². The summed E-state index contributed by atoms with van der Waals surface area (Å²) >= 11 is 11.8. The minimum atomic E-state index is -0.287. The molecule has 2 aromatic rings. The summed E-state index contributed by atoms with van der Waals surface area (Å²) in [5.41, 5.74) is 1.62. The Morgan fingerprint density at radius 1 is 0.793 bits per heavy atom. The van der Waals surface area contributed by atoms with Crippen LogP contribution in [0.25, 0.3) is 0 Å². The SMILES string of the molecule is CN(CC(=O)Nc1ccc(C(=O)N(C)C)cc1)CC(=O)Nc1ccc(Cl)c(Cl)c1. The Morgan fingerprint density at radius 3 is 1.83 bits per heavy atom. The largest absolute Gasteiger partial charge is 0.345 e. The van der Waals surface area contributed by atoms with Gasteiger partial charge in [-0.25, -0.2) is 0 Å². The van der Waals surface area contributed by atoms with Gasteiger partial charge in [0, 0.05) is 31.0 Å². The van der Waals surface area contributed by atoms with E-state index in [0.717, 1.165) is 0 Å². The van der Waals surface area contributed by atoms with E-state index in [9.17, 15) is 14.4 Å². The Morgan fingerprint density at radius 2 is 1.31 bits per heavy atom. The molecule has 2 aromatic carbocycles. The van der Waals surface area contributed by atoms with Crippen LogP contribution in [0.5, 0.6) is 0 Å². The van der Waals surface area contributed by atoms with Crippen LogP contribution in [0.3, 0.4) is 0 Å². The van der Waals surface area contributed by atoms with E-state index in [-0.39, 0.29) is 30.8 Å². The number of carbonyl (C=O) groups is 3. The Bertz CT molecular complexity index is 901. The highest BCUT2D eigenvalue weighted by Crippen LogP contribution is 2.24. The maximum Gasteiger partial charge on any atom is 0.253 e. The van der Waals surface area contributed by atoms with Gasteiger partial charge in [-0.3, -0.25) is 19.3 Å². The predicted molar refractivity (Wildman–Crippen MR) is 116 cm³/mol. The Kier molecular flexibility index (Phi) is 8.01. The van der Waals surface area contributed by atoms with Crippen LogP contribution >= 0.6 is 23.2 Å². The van der Waals surface area contributed by atoms with Crippen LogP contribution in [-0.2, 0) is 9.59 Å². The van der Waals surface area contributed by atoms with Gasteiger partial charge in [-0.1, -0.05) is 23.2 Å². The molecular weight excluding hydrogens is 415 g/mol. The molecular formula is C20H22Cl2N4O3. The minimum Gasteiger partial charge on any atom is -0.345 e. The first-order valence-electron chi connectivity index (χ1n) is 8.70. The van der Waals surface area contributed by atoms with Crippen LogP contribution in [0.15, 0.2) is 42.5 Å². The molecule has 2 N–H and O–H groups in total. The number of likely N-dealkylation sites (N-methyl/N-ethyl adjacent to an activating group) is 1. The molecule has 154 valence electrons. The van der Waals surface area contributed by atoms with Gasteiger partial charge in [-0.2, -0.15) is 0 Å². The van der Waals surface area contributed by atoms with E-state index in [2.05, 4.69) is 10.6 Å². The second-order valence-electron chi connectivity index (χ2n) is 6.67. The second kappa shape index (κ2) is 10.2. The van der Waals surface area contributed by atoms with Crippen molar-refractivity contribution in [1.82, 2.24) is 9.80 Å². The molecule has 0 atom stereocenters. The molecule has 0 fully saturated rings. The number of carbonyl (C=O) groups excluding carboxylic acids is 3. The molecule has 9 heteroatoms. The monoisotopic (exact) mass is 436 g/mol. The van der Waals surface area contributed by atoms with Crippen LogP contribution in [-0.4, -0.2) is 61.8 Å². The lowest BCUT2D eigenvalue weighted by Crippen LogP contribution is -2.36. The number of benzene rings is 2. The number of hydrogen-bond donors (Lipinski definition) is 2. The zero-order valence-corrected chi connectivity index (χ0v) is 17.8. The molecule has 0 saturated heterocycles. The lowest BCUT2D eigenvalue weighted by molar-refractivity contribution is -0.119. The van der Waals surface area contributed by atoms with Gasteiger partial charge in [0.25, 0.3) is 5.91 Å². The molecule has 0 aliphatic carbocycles. The number of halogens is 2. The van der Waals surface area contributed by atoms with Crippen molar-refractivity contribution >= 4 is 52.3 Å². The molecule has 0 aliphatic heterocycles. The van der Waals surface area contributed by atoms with Crippen molar-refractivity contribution in [3.63, 3.8) is 0 Å². The van der Waals surface area contributed by atoms with Crippen molar-refractivity contribution in [3.05, 3.63) is 58.1 Å². The van der Waals surface area contributed by atoms with Gasteiger partial charge < -0.3 is 15.5 Å². The van der Waals surface area contributed by atoms with Crippen molar-refractivity contribution in [2.75, 3.05) is 44.9 Å². The zero-order chi connectivity index (χ0) is 21.6. The predicted octanol–water partition coefficient (Wildman–Crippen LogP) is 3.20. The summed E-state index contributed by atoms with van der Waals surface area (Å²) in [6, 6.07) is 11.4. The van der Waals surface area contributed by atoms with Gasteiger partial charge in [-0.15, -0.1) is 0 Å². The fourth-order valence-electron chi connectivity index (χ4n) is 2.48. The second-order valence-corrected chi connectivity index (χ2v) is 7.49. The molecule has 0 spiro atoms. The highest BCUT2D eigenvalue weighted by atomic mass is 35.5. The van der Waals surface area contributed by atoms with Crippen LogP contribution < -0.4 is 10.6 Å². The van der Waals surface area contributed by atoms with E-state index >= 15 is 0 Å². The van der Waals surface area contributed by atoms with E-state index in [1.54, 1.807) is 68.5 Å². The molecule has 2 rings (SSSR count). The molecule has 0 radical (unpaired) electrons. The van der Waals surface area contributed by atoms with E-state index in [1.807, 2.05) is 0 Å². The van der Waals surface area contributed by atoms with E-state index in [0.29, 0.717) is 27.0 Å². The highest BCUT2D eigenvalue weighted by molar-refractivity contribution is 6.42. The first-order chi connectivity index (χ1) is 13.7. The van der Waals surface area contributed by atoms with E-state index in [4.69, 9.17) is 23.2 Å². The third kappa shape index (κ3) is 7.05. The summed E-state index contributed by atoms with van der Waals surface area (Å²) in [5, 5.41) is 6.18. The molecule has 0 unspecified atom stereocenters. The van der Waals surface area contributed by atoms with Crippen molar-refractivity contribution in [2.24, 2.45) is 0 Å². The first-order valence-corrected chi connectivity index (χ1v) is 9.46. The molecule has 0 heterocycles. The number of amides is 3. The highest BCUT2D eigenvalue weighted by Gasteiger charge is 2.13. The number of nitrogens with one attached hydrogen (secondary N) is 2. The van der Waals surface area contributed by atoms with Crippen LogP contribution in [0, 0.1) is 0 Å². The van der Waals surface area contributed by atoms with E-state index in [1.165, 1.54) is 4.90 Å². The van der Waals surface area contributed by atoms with Crippen LogP contribution in [0.1, 0.15) is 10.4 Å². The average Bonchev–Trinajstić information content (AvgIpc) is 2.64. The smallest absolute Gasteiger partial charge is 0.253 e. The maximum absolute atomic E-state index is 12.2. The van der Waals surface area contributed by atoms with Gasteiger partial charge in [0.1, 0.15) is 0 Å². The lowest BCUT2D eigenvalue weighted by atomic mass is 10.2. The Hall–Kier alpha value is -2.61. The Balaban J connectivity index is 1.83. The van der Waals surface area contributed by atoms with Crippen LogP contribution in [0.4, 0.5) is 11.4 Å². The standard InChI is InChI=1S/C20H22Cl2N4O3/c1-25(2)20(29)13-4-6-14(7-5-13)23-18(27)11-26(3)12-19(28)24-15-8-9-16(21)17(22)10-15/h4-10H,11-12H2,1-3H3,(H,23,27)(H,24,28). The molecule has 0 aromatic heterocycles. The van der Waals surface area contributed by atoms with Crippen molar-refractivity contribution < 1.29 is 14.4 Å². The maximum atomic E-state index is 12.2. The summed E-state index contributed by atoms with van der Waals surface area (Å²) in [4.78, 5) is 39.2. The third-order valence-corrected chi connectivity index (χ3v) is 4.59. The summed E-state index contributed by atoms with van der Waals surface area (Å²) in [7, 11) is 5.00. The fraction of sp³-hybridized carbons (Fsp3) is 0.250. The molecule has 0 saturated carbocycles. The Labute approximate surface area is 179 Å². The number of nitrogens with zero attached hydrogens (tertiary/aromatic N) is 2. The molecule has 29 heavy (non-hydrogen) atoms. The van der Waals surface area contributed by atoms with Crippen molar-refractivity contribution in [1.29, 1.82) is 0 Å². The van der Waals surface area contributed by atoms with Crippen LogP contribution in [0.2, 0.25) is 10.0 Å². The van der Waals surface area contributed by atoms with Gasteiger partial charge in [-0.05, 0) is 49.5 Å². The third-order valence-electron chi connectivity index (χ3n) is 3.85. The number of hydrogen-bond acceptors (Lipinski definition) is 4. The fourth-order valence-corrected chi connectivity index (χ4v) is 2.77. The minimum absolute atomic E-state index is 0.0178.